The minimum Gasteiger partial charge on any atom is -0.366 e. The molecule has 1 atom stereocenters. The molecule has 0 aromatic carbocycles. The van der Waals surface area contributed by atoms with E-state index in [4.69, 9.17) is 4.74 Å². The van der Waals surface area contributed by atoms with Crippen molar-refractivity contribution in [1.82, 2.24) is 9.80 Å². The molecule has 0 aromatic heterocycles. The summed E-state index contributed by atoms with van der Waals surface area (Å²) < 4.78 is 5.40. The van der Waals surface area contributed by atoms with Gasteiger partial charge in [-0.15, -0.1) is 0 Å². The maximum atomic E-state index is 11.5. The van der Waals surface area contributed by atoms with E-state index in [1.54, 1.807) is 19.0 Å². The van der Waals surface area contributed by atoms with Crippen molar-refractivity contribution in [3.05, 3.63) is 0 Å². The maximum absolute atomic E-state index is 11.5. The second-order valence-electron chi connectivity index (χ2n) is 3.49. The molecule has 1 saturated heterocycles. The fraction of sp³-hybridized carbons (Fsp3) is 0.889. The van der Waals surface area contributed by atoms with E-state index in [1.165, 1.54) is 0 Å². The fourth-order valence-corrected chi connectivity index (χ4v) is 1.43. The van der Waals surface area contributed by atoms with Gasteiger partial charge in [0.25, 0.3) is 5.91 Å². The van der Waals surface area contributed by atoms with E-state index < -0.39 is 0 Å². The molecule has 0 unspecified atom stereocenters. The Morgan fingerprint density at radius 2 is 2.31 bits per heavy atom. The third-order valence-electron chi connectivity index (χ3n) is 2.31. The van der Waals surface area contributed by atoms with Crippen LogP contribution in [0.15, 0.2) is 0 Å². The first-order valence-electron chi connectivity index (χ1n) is 4.70. The molecule has 1 rings (SSSR count). The molecule has 4 nitrogen and oxygen atoms in total. The topological polar surface area (TPSA) is 32.8 Å². The number of carbonyl (C=O) groups is 1. The Bertz CT molecular complexity index is 182. The zero-order valence-corrected chi connectivity index (χ0v) is 8.62. The van der Waals surface area contributed by atoms with Crippen molar-refractivity contribution in [3.63, 3.8) is 0 Å². The lowest BCUT2D eigenvalue weighted by Gasteiger charge is -2.32. The van der Waals surface area contributed by atoms with Crippen LogP contribution in [0.4, 0.5) is 0 Å². The summed E-state index contributed by atoms with van der Waals surface area (Å²) >= 11 is 0. The molecule has 1 fully saturated rings. The second kappa shape index (κ2) is 4.58. The molecule has 1 aliphatic rings. The lowest BCUT2D eigenvalue weighted by atomic mass is 10.2. The van der Waals surface area contributed by atoms with Gasteiger partial charge < -0.3 is 9.64 Å². The van der Waals surface area contributed by atoms with Gasteiger partial charge >= 0.3 is 0 Å². The molecule has 0 aliphatic carbocycles. The lowest BCUT2D eigenvalue weighted by Crippen LogP contribution is -2.49. The number of nitrogens with zero attached hydrogens (tertiary/aromatic N) is 2. The summed E-state index contributed by atoms with van der Waals surface area (Å²) in [6.45, 7) is 5.42. The van der Waals surface area contributed by atoms with E-state index in [1.807, 2.05) is 0 Å². The van der Waals surface area contributed by atoms with Crippen LogP contribution in [0, 0.1) is 0 Å². The van der Waals surface area contributed by atoms with Gasteiger partial charge in [-0.2, -0.15) is 0 Å². The van der Waals surface area contributed by atoms with Crippen molar-refractivity contribution in [1.29, 1.82) is 0 Å². The zero-order valence-electron chi connectivity index (χ0n) is 8.62. The summed E-state index contributed by atoms with van der Waals surface area (Å²) in [4.78, 5) is 15.4. The summed E-state index contributed by atoms with van der Waals surface area (Å²) in [5.41, 5.74) is 0. The highest BCUT2D eigenvalue weighted by Crippen LogP contribution is 2.06. The van der Waals surface area contributed by atoms with Crippen LogP contribution < -0.4 is 0 Å². The molecule has 1 aliphatic heterocycles. The van der Waals surface area contributed by atoms with Crippen LogP contribution in [0.5, 0.6) is 0 Å². The third-order valence-corrected chi connectivity index (χ3v) is 2.31. The van der Waals surface area contributed by atoms with Crippen molar-refractivity contribution in [3.8, 4) is 0 Å². The van der Waals surface area contributed by atoms with Gasteiger partial charge in [-0.3, -0.25) is 9.69 Å². The average Bonchev–Trinajstić information content (AvgIpc) is 2.16. The number of amides is 1. The van der Waals surface area contributed by atoms with E-state index in [2.05, 4.69) is 11.8 Å². The first kappa shape index (κ1) is 10.5. The molecule has 4 heteroatoms. The average molecular weight is 186 g/mol. The minimum absolute atomic E-state index is 0.0677. The van der Waals surface area contributed by atoms with E-state index in [0.717, 1.165) is 19.6 Å². The first-order chi connectivity index (χ1) is 6.15. The van der Waals surface area contributed by atoms with Gasteiger partial charge in [-0.25, -0.2) is 0 Å². The van der Waals surface area contributed by atoms with Gasteiger partial charge in [0.15, 0.2) is 0 Å². The molecule has 76 valence electrons. The number of hydrogen-bond donors (Lipinski definition) is 0. The minimum atomic E-state index is -0.260. The van der Waals surface area contributed by atoms with E-state index in [9.17, 15) is 4.79 Å². The standard InChI is InChI=1S/C9H18N2O2/c1-4-11-5-6-13-8(7-11)9(12)10(2)3/h8H,4-7H2,1-3H3/t8-/m0/s1. The highest BCUT2D eigenvalue weighted by atomic mass is 16.5. The van der Waals surface area contributed by atoms with E-state index in [0.29, 0.717) is 6.61 Å². The Morgan fingerprint density at radius 1 is 1.62 bits per heavy atom. The van der Waals surface area contributed by atoms with Gasteiger partial charge in [0.05, 0.1) is 6.61 Å². The number of morpholine rings is 1. The van der Waals surface area contributed by atoms with E-state index in [-0.39, 0.29) is 12.0 Å². The van der Waals surface area contributed by atoms with Crippen LogP contribution >= 0.6 is 0 Å². The van der Waals surface area contributed by atoms with Gasteiger partial charge in [0, 0.05) is 27.2 Å². The zero-order chi connectivity index (χ0) is 9.84. The van der Waals surface area contributed by atoms with Crippen molar-refractivity contribution in [2.75, 3.05) is 40.3 Å². The van der Waals surface area contributed by atoms with Crippen LogP contribution in [0.2, 0.25) is 0 Å². The van der Waals surface area contributed by atoms with Gasteiger partial charge in [0.1, 0.15) is 6.10 Å². The van der Waals surface area contributed by atoms with Gasteiger partial charge in [0.2, 0.25) is 0 Å². The van der Waals surface area contributed by atoms with Crippen LogP contribution in [-0.2, 0) is 9.53 Å². The number of ether oxygens (including phenoxy) is 1. The molecule has 1 amide bonds. The van der Waals surface area contributed by atoms with Crippen LogP contribution in [-0.4, -0.2) is 62.1 Å². The number of hydrogen-bond acceptors (Lipinski definition) is 3. The third kappa shape index (κ3) is 2.67. The predicted molar refractivity (Wildman–Crippen MR) is 50.5 cm³/mol. The SMILES string of the molecule is CCN1CCO[C@H](C(=O)N(C)C)C1. The summed E-state index contributed by atoms with van der Waals surface area (Å²) in [7, 11) is 3.52. The number of rotatable bonds is 2. The summed E-state index contributed by atoms with van der Waals surface area (Å²) in [6.07, 6.45) is -0.260. The molecular weight excluding hydrogens is 168 g/mol. The summed E-state index contributed by atoms with van der Waals surface area (Å²) in [6, 6.07) is 0. The Hall–Kier alpha value is -0.610. The molecule has 0 bridgehead atoms. The fourth-order valence-electron chi connectivity index (χ4n) is 1.43. The van der Waals surface area contributed by atoms with Gasteiger partial charge in [-0.05, 0) is 6.54 Å². The largest absolute Gasteiger partial charge is 0.366 e. The quantitative estimate of drug-likeness (QED) is 0.598. The predicted octanol–water partition coefficient (Wildman–Crippen LogP) is -0.205. The summed E-state index contributed by atoms with van der Waals surface area (Å²) in [5, 5.41) is 0. The maximum Gasteiger partial charge on any atom is 0.252 e. The van der Waals surface area contributed by atoms with Crippen LogP contribution in [0.1, 0.15) is 6.92 Å². The molecule has 0 aromatic rings. The monoisotopic (exact) mass is 186 g/mol. The molecule has 0 N–H and O–H groups in total. The van der Waals surface area contributed by atoms with Crippen molar-refractivity contribution in [2.24, 2.45) is 0 Å². The van der Waals surface area contributed by atoms with Crippen molar-refractivity contribution in [2.45, 2.75) is 13.0 Å². The Kier molecular flexibility index (Phi) is 3.69. The lowest BCUT2D eigenvalue weighted by molar-refractivity contribution is -0.146. The van der Waals surface area contributed by atoms with Crippen LogP contribution in [0.3, 0.4) is 0 Å². The second-order valence-corrected chi connectivity index (χ2v) is 3.49. The highest BCUT2D eigenvalue weighted by molar-refractivity contribution is 5.80. The Labute approximate surface area is 79.4 Å². The van der Waals surface area contributed by atoms with Gasteiger partial charge in [-0.1, -0.05) is 6.92 Å². The Balaban J connectivity index is 2.46. The molecule has 0 spiro atoms. The normalized spacial score (nSPS) is 24.4. The summed E-state index contributed by atoms with van der Waals surface area (Å²) in [5.74, 6) is 0.0677. The molecular formula is C9H18N2O2. The Morgan fingerprint density at radius 3 is 2.85 bits per heavy atom. The highest BCUT2D eigenvalue weighted by Gasteiger charge is 2.26. The van der Waals surface area contributed by atoms with Crippen LogP contribution in [0.25, 0.3) is 0 Å². The molecule has 0 saturated carbocycles. The van der Waals surface area contributed by atoms with Crippen molar-refractivity contribution >= 4 is 5.91 Å². The molecule has 1 heterocycles. The smallest absolute Gasteiger partial charge is 0.252 e. The van der Waals surface area contributed by atoms with Crippen molar-refractivity contribution < 1.29 is 9.53 Å². The number of carbonyl (C=O) groups excluding carboxylic acids is 1. The molecule has 13 heavy (non-hydrogen) atoms. The number of likely N-dealkylation sites (N-methyl/N-ethyl adjacent to an activating group) is 2. The molecule has 0 radical (unpaired) electrons. The van der Waals surface area contributed by atoms with E-state index >= 15 is 0 Å². The first-order valence-corrected chi connectivity index (χ1v) is 4.70.